The normalized spacial score (nSPS) is 11.8. The highest BCUT2D eigenvalue weighted by molar-refractivity contribution is 7.99. The van der Waals surface area contributed by atoms with Gasteiger partial charge in [0.25, 0.3) is 5.22 Å². The Morgan fingerprint density at radius 2 is 1.94 bits per heavy atom. The second-order valence-electron chi connectivity index (χ2n) is 6.92. The molecule has 4 N–H and O–H groups in total. The van der Waals surface area contributed by atoms with E-state index >= 15 is 0 Å². The van der Waals surface area contributed by atoms with Crippen LogP contribution in [0.5, 0.6) is 0 Å². The molecule has 0 fully saturated rings. The van der Waals surface area contributed by atoms with Crippen LogP contribution in [-0.4, -0.2) is 26.8 Å². The summed E-state index contributed by atoms with van der Waals surface area (Å²) >= 11 is 1.20. The molecule has 9 heteroatoms. The molecule has 0 saturated carbocycles. The van der Waals surface area contributed by atoms with Gasteiger partial charge in [0.2, 0.25) is 11.8 Å². The van der Waals surface area contributed by atoms with Gasteiger partial charge in [-0.05, 0) is 36.1 Å². The summed E-state index contributed by atoms with van der Waals surface area (Å²) in [6.45, 7) is 2.05. The number of anilines is 1. The highest BCUT2D eigenvalue weighted by Gasteiger charge is 2.18. The molecular weight excluding hydrogens is 434 g/mol. The van der Waals surface area contributed by atoms with E-state index in [2.05, 4.69) is 33.5 Å². The number of nitrogens with one attached hydrogen (secondary N) is 2. The molecule has 4 rings (SSSR count). The zero-order chi connectivity index (χ0) is 20.9. The lowest BCUT2D eigenvalue weighted by atomic mass is 10.1. The van der Waals surface area contributed by atoms with Crippen molar-refractivity contribution in [1.29, 1.82) is 0 Å². The van der Waals surface area contributed by atoms with E-state index in [0.717, 1.165) is 34.1 Å². The third-order valence-corrected chi connectivity index (χ3v) is 5.67. The van der Waals surface area contributed by atoms with Crippen molar-refractivity contribution in [3.8, 4) is 0 Å². The Kier molecular flexibility index (Phi) is 7.73. The van der Waals surface area contributed by atoms with Crippen LogP contribution in [0.15, 0.2) is 64.4 Å². The summed E-state index contributed by atoms with van der Waals surface area (Å²) in [4.78, 5) is 15.5. The fourth-order valence-corrected chi connectivity index (χ4v) is 3.89. The Hall–Kier alpha value is -2.81. The highest BCUT2D eigenvalue weighted by atomic mass is 35.5. The third kappa shape index (κ3) is 5.46. The number of H-pyrrole nitrogens is 1. The summed E-state index contributed by atoms with van der Waals surface area (Å²) in [5.41, 5.74) is 10.4. The number of aromatic amines is 1. The zero-order valence-corrected chi connectivity index (χ0v) is 18.6. The number of amides is 1. The van der Waals surface area contributed by atoms with Crippen LogP contribution in [-0.2, 0) is 17.6 Å². The van der Waals surface area contributed by atoms with Crippen LogP contribution in [0.25, 0.3) is 10.9 Å². The van der Waals surface area contributed by atoms with Crippen molar-refractivity contribution in [3.63, 3.8) is 0 Å². The number of thioether (sulfide) groups is 1. The molecule has 0 unspecified atom stereocenters. The molecule has 31 heavy (non-hydrogen) atoms. The fraction of sp³-hybridized carbons (Fsp3) is 0.227. The smallest absolute Gasteiger partial charge is 0.277 e. The Labute approximate surface area is 190 Å². The molecule has 0 aliphatic carbocycles. The van der Waals surface area contributed by atoms with Gasteiger partial charge < -0.3 is 20.5 Å². The molecule has 4 aromatic rings. The molecular formula is C22H24ClN5O2S. The molecule has 7 nitrogen and oxygen atoms in total. The molecule has 2 heterocycles. The predicted octanol–water partition coefficient (Wildman–Crippen LogP) is 4.51. The number of hydrogen-bond acceptors (Lipinski definition) is 6. The van der Waals surface area contributed by atoms with E-state index in [4.69, 9.17) is 10.2 Å². The lowest BCUT2D eigenvalue weighted by molar-refractivity contribution is -0.113. The number of carbonyl (C=O) groups is 1. The number of nitrogens with zero attached hydrogens (tertiary/aromatic N) is 2. The van der Waals surface area contributed by atoms with E-state index in [-0.39, 0.29) is 24.1 Å². The monoisotopic (exact) mass is 457 g/mol. The van der Waals surface area contributed by atoms with E-state index in [1.807, 2.05) is 48.7 Å². The number of halogens is 1. The summed E-state index contributed by atoms with van der Waals surface area (Å²) in [5, 5.41) is 12.5. The molecule has 1 atom stereocenters. The van der Waals surface area contributed by atoms with Gasteiger partial charge in [-0.1, -0.05) is 55.1 Å². The van der Waals surface area contributed by atoms with Crippen LogP contribution < -0.4 is 11.1 Å². The summed E-state index contributed by atoms with van der Waals surface area (Å²) < 4.78 is 5.68. The quantitative estimate of drug-likeness (QED) is 0.336. The lowest BCUT2D eigenvalue weighted by Gasteiger charge is -2.08. The first kappa shape index (κ1) is 22.9. The van der Waals surface area contributed by atoms with Gasteiger partial charge in [-0.2, -0.15) is 0 Å². The van der Waals surface area contributed by atoms with Crippen molar-refractivity contribution in [3.05, 3.63) is 71.7 Å². The number of aromatic nitrogens is 3. The minimum atomic E-state index is -0.420. The molecule has 0 radical (unpaired) electrons. The average molecular weight is 458 g/mol. The van der Waals surface area contributed by atoms with Gasteiger partial charge in [0, 0.05) is 22.8 Å². The Morgan fingerprint density at radius 3 is 2.77 bits per heavy atom. The second-order valence-corrected chi connectivity index (χ2v) is 7.85. The van der Waals surface area contributed by atoms with Crippen molar-refractivity contribution >= 4 is 46.7 Å². The van der Waals surface area contributed by atoms with Gasteiger partial charge in [0.1, 0.15) is 0 Å². The van der Waals surface area contributed by atoms with Gasteiger partial charge in [-0.25, -0.2) is 0 Å². The summed E-state index contributed by atoms with van der Waals surface area (Å²) in [5.74, 6) is 0.417. The van der Waals surface area contributed by atoms with Crippen LogP contribution in [0.2, 0.25) is 0 Å². The van der Waals surface area contributed by atoms with Gasteiger partial charge in [-0.3, -0.25) is 4.79 Å². The molecule has 2 aromatic carbocycles. The van der Waals surface area contributed by atoms with Crippen molar-refractivity contribution in [2.24, 2.45) is 5.73 Å². The SMILES string of the molecule is CCc1ccccc1NC(=O)CSc1nnc([C@@H](N)Cc2c[nH]c3ccccc23)o1.Cl. The fourth-order valence-electron chi connectivity index (χ4n) is 3.32. The van der Waals surface area contributed by atoms with Crippen LogP contribution >= 0.6 is 24.2 Å². The van der Waals surface area contributed by atoms with E-state index in [1.54, 1.807) is 0 Å². The average Bonchev–Trinajstić information content (AvgIpc) is 3.40. The number of nitrogens with two attached hydrogens (primary N) is 1. The van der Waals surface area contributed by atoms with E-state index in [0.29, 0.717) is 17.5 Å². The first-order valence-electron chi connectivity index (χ1n) is 9.78. The Morgan fingerprint density at radius 1 is 1.16 bits per heavy atom. The van der Waals surface area contributed by atoms with Crippen LogP contribution in [0.3, 0.4) is 0 Å². The highest BCUT2D eigenvalue weighted by Crippen LogP contribution is 2.25. The second kappa shape index (κ2) is 10.5. The number of fused-ring (bicyclic) bond motifs is 1. The lowest BCUT2D eigenvalue weighted by Crippen LogP contribution is -2.15. The van der Waals surface area contributed by atoms with E-state index in [9.17, 15) is 4.79 Å². The Balaban J connectivity index is 0.00000272. The first-order chi connectivity index (χ1) is 14.6. The summed E-state index contributed by atoms with van der Waals surface area (Å²) in [6.07, 6.45) is 3.38. The maximum atomic E-state index is 12.3. The number of rotatable bonds is 8. The van der Waals surface area contributed by atoms with E-state index in [1.165, 1.54) is 11.8 Å². The third-order valence-electron chi connectivity index (χ3n) is 4.85. The van der Waals surface area contributed by atoms with Gasteiger partial charge >= 0.3 is 0 Å². The molecule has 1 amide bonds. The number of carbonyl (C=O) groups excluding carboxylic acids is 1. The number of para-hydroxylation sites is 2. The van der Waals surface area contributed by atoms with Crippen LogP contribution in [0.1, 0.15) is 30.0 Å². The van der Waals surface area contributed by atoms with Gasteiger partial charge in [0.15, 0.2) is 0 Å². The standard InChI is InChI=1S/C22H23N5O2S.ClH/c1-2-14-7-3-5-9-18(14)25-20(28)13-30-22-27-26-21(29-22)17(23)11-15-12-24-19-10-6-4-8-16(15)19;/h3-10,12,17,24H,2,11,13,23H2,1H3,(H,25,28);1H/t17-;/m0./s1. The number of hydrogen-bond donors (Lipinski definition) is 3. The number of aryl methyl sites for hydroxylation is 1. The maximum Gasteiger partial charge on any atom is 0.277 e. The molecule has 0 spiro atoms. The first-order valence-corrected chi connectivity index (χ1v) is 10.8. The largest absolute Gasteiger partial charge is 0.414 e. The van der Waals surface area contributed by atoms with Crippen molar-refractivity contribution in [1.82, 2.24) is 15.2 Å². The van der Waals surface area contributed by atoms with Gasteiger partial charge in [-0.15, -0.1) is 22.6 Å². The summed E-state index contributed by atoms with van der Waals surface area (Å²) in [6, 6.07) is 15.4. The van der Waals surface area contributed by atoms with E-state index < -0.39 is 6.04 Å². The maximum absolute atomic E-state index is 12.3. The molecule has 162 valence electrons. The predicted molar refractivity (Wildman–Crippen MR) is 126 cm³/mol. The van der Waals surface area contributed by atoms with Crippen LogP contribution in [0.4, 0.5) is 5.69 Å². The van der Waals surface area contributed by atoms with Gasteiger partial charge in [0.05, 0.1) is 11.8 Å². The number of benzene rings is 2. The van der Waals surface area contributed by atoms with Crippen molar-refractivity contribution in [2.45, 2.75) is 31.0 Å². The molecule has 0 aliphatic heterocycles. The van der Waals surface area contributed by atoms with Crippen LogP contribution in [0, 0.1) is 0 Å². The zero-order valence-electron chi connectivity index (χ0n) is 17.0. The molecule has 0 aliphatic rings. The minimum absolute atomic E-state index is 0. The Bertz CT molecular complexity index is 1160. The minimum Gasteiger partial charge on any atom is -0.414 e. The molecule has 2 aromatic heterocycles. The summed E-state index contributed by atoms with van der Waals surface area (Å²) in [7, 11) is 0. The van der Waals surface area contributed by atoms with Crippen molar-refractivity contribution < 1.29 is 9.21 Å². The molecule has 0 saturated heterocycles. The topological polar surface area (TPSA) is 110 Å². The molecule has 0 bridgehead atoms. The van der Waals surface area contributed by atoms with Crippen molar-refractivity contribution in [2.75, 3.05) is 11.1 Å².